The molecule has 0 saturated heterocycles. The van der Waals surface area contributed by atoms with Crippen molar-refractivity contribution < 1.29 is 0 Å². The van der Waals surface area contributed by atoms with E-state index in [1.807, 2.05) is 26.5 Å². The van der Waals surface area contributed by atoms with Crippen LogP contribution in [0.25, 0.3) is 0 Å². The minimum absolute atomic E-state index is 0.291. The second-order valence-electron chi connectivity index (χ2n) is 3.57. The highest BCUT2D eigenvalue weighted by Crippen LogP contribution is 2.17. The van der Waals surface area contributed by atoms with E-state index in [0.717, 1.165) is 12.2 Å². The van der Waals surface area contributed by atoms with E-state index >= 15 is 0 Å². The van der Waals surface area contributed by atoms with Crippen LogP contribution in [-0.4, -0.2) is 16.6 Å². The predicted molar refractivity (Wildman–Crippen MR) is 63.0 cm³/mol. The van der Waals surface area contributed by atoms with Crippen molar-refractivity contribution in [3.8, 4) is 0 Å². The van der Waals surface area contributed by atoms with Crippen molar-refractivity contribution in [2.75, 3.05) is 7.05 Å². The van der Waals surface area contributed by atoms with Gasteiger partial charge in [-0.3, -0.25) is 0 Å². The number of hydrogen-bond donors (Lipinski definition) is 1. The van der Waals surface area contributed by atoms with Gasteiger partial charge in [0, 0.05) is 19.4 Å². The van der Waals surface area contributed by atoms with E-state index < -0.39 is 0 Å². The van der Waals surface area contributed by atoms with Gasteiger partial charge in [-0.25, -0.2) is 4.98 Å². The van der Waals surface area contributed by atoms with Crippen molar-refractivity contribution in [2.45, 2.75) is 12.5 Å². The molecule has 4 heteroatoms. The van der Waals surface area contributed by atoms with E-state index in [1.54, 1.807) is 11.3 Å². The highest BCUT2D eigenvalue weighted by molar-refractivity contribution is 7.07. The summed E-state index contributed by atoms with van der Waals surface area (Å²) in [6, 6.07) is 2.46. The lowest BCUT2D eigenvalue weighted by molar-refractivity contribution is 0.539. The Kier molecular flexibility index (Phi) is 3.18. The number of nitrogens with one attached hydrogen (secondary N) is 1. The Hall–Kier alpha value is -1.13. The van der Waals surface area contributed by atoms with Crippen molar-refractivity contribution in [1.82, 2.24) is 14.9 Å². The molecular formula is C11H15N3S. The summed E-state index contributed by atoms with van der Waals surface area (Å²) in [5.74, 6) is 1.09. The molecular weight excluding hydrogens is 206 g/mol. The van der Waals surface area contributed by atoms with Crippen LogP contribution in [0.4, 0.5) is 0 Å². The first-order valence-corrected chi connectivity index (χ1v) is 5.91. The summed E-state index contributed by atoms with van der Waals surface area (Å²) in [5, 5.41) is 7.60. The van der Waals surface area contributed by atoms with Crippen molar-refractivity contribution >= 4 is 11.3 Å². The van der Waals surface area contributed by atoms with Crippen LogP contribution in [0.15, 0.2) is 29.2 Å². The fourth-order valence-electron chi connectivity index (χ4n) is 1.68. The molecule has 0 aliphatic carbocycles. The Balaban J connectivity index is 2.15. The molecule has 0 aliphatic heterocycles. The molecule has 0 fully saturated rings. The number of hydrogen-bond acceptors (Lipinski definition) is 3. The number of rotatable bonds is 4. The summed E-state index contributed by atoms with van der Waals surface area (Å²) >= 11 is 1.74. The zero-order chi connectivity index (χ0) is 10.7. The van der Waals surface area contributed by atoms with Gasteiger partial charge in [0.2, 0.25) is 0 Å². The minimum atomic E-state index is 0.291. The van der Waals surface area contributed by atoms with Gasteiger partial charge in [0.25, 0.3) is 0 Å². The van der Waals surface area contributed by atoms with Gasteiger partial charge in [-0.05, 0) is 35.9 Å². The standard InChI is InChI=1S/C11H15N3S/c1-12-10(7-9-3-6-15-8-9)11-13-4-5-14(11)2/h3-6,8,10,12H,7H2,1-2H3. The highest BCUT2D eigenvalue weighted by Gasteiger charge is 2.14. The zero-order valence-electron chi connectivity index (χ0n) is 8.97. The second kappa shape index (κ2) is 4.59. The Labute approximate surface area is 93.8 Å². The molecule has 0 radical (unpaired) electrons. The van der Waals surface area contributed by atoms with Crippen LogP contribution in [0.3, 0.4) is 0 Å². The first kappa shape index (κ1) is 10.4. The SMILES string of the molecule is CNC(Cc1ccsc1)c1nccn1C. The van der Waals surface area contributed by atoms with Gasteiger partial charge in [-0.2, -0.15) is 11.3 Å². The van der Waals surface area contributed by atoms with Gasteiger partial charge in [-0.15, -0.1) is 0 Å². The van der Waals surface area contributed by atoms with Crippen molar-refractivity contribution in [1.29, 1.82) is 0 Å². The van der Waals surface area contributed by atoms with Crippen molar-refractivity contribution in [3.63, 3.8) is 0 Å². The van der Waals surface area contributed by atoms with E-state index in [1.165, 1.54) is 5.56 Å². The van der Waals surface area contributed by atoms with Crippen LogP contribution < -0.4 is 5.32 Å². The number of likely N-dealkylation sites (N-methyl/N-ethyl adjacent to an activating group) is 1. The molecule has 3 nitrogen and oxygen atoms in total. The average Bonchev–Trinajstić information content (AvgIpc) is 2.85. The van der Waals surface area contributed by atoms with E-state index in [9.17, 15) is 0 Å². The van der Waals surface area contributed by atoms with Gasteiger partial charge in [-0.1, -0.05) is 0 Å². The van der Waals surface area contributed by atoms with Crippen LogP contribution in [0.1, 0.15) is 17.4 Å². The molecule has 2 rings (SSSR count). The molecule has 0 amide bonds. The predicted octanol–water partition coefficient (Wildman–Crippen LogP) is 1.98. The van der Waals surface area contributed by atoms with Crippen LogP contribution in [0, 0.1) is 0 Å². The Morgan fingerprint density at radius 3 is 3.00 bits per heavy atom. The van der Waals surface area contributed by atoms with Crippen LogP contribution >= 0.6 is 11.3 Å². The molecule has 1 atom stereocenters. The summed E-state index contributed by atoms with van der Waals surface area (Å²) in [4.78, 5) is 4.37. The molecule has 80 valence electrons. The number of nitrogens with zero attached hydrogens (tertiary/aromatic N) is 2. The van der Waals surface area contributed by atoms with Gasteiger partial charge in [0.05, 0.1) is 6.04 Å². The smallest absolute Gasteiger partial charge is 0.125 e. The highest BCUT2D eigenvalue weighted by atomic mass is 32.1. The van der Waals surface area contributed by atoms with Gasteiger partial charge < -0.3 is 9.88 Å². The molecule has 1 N–H and O–H groups in total. The number of imidazole rings is 1. The number of thiophene rings is 1. The molecule has 0 bridgehead atoms. The third kappa shape index (κ3) is 2.27. The van der Waals surface area contributed by atoms with Gasteiger partial charge in [0.15, 0.2) is 0 Å². The van der Waals surface area contributed by atoms with E-state index in [4.69, 9.17) is 0 Å². The average molecular weight is 221 g/mol. The van der Waals surface area contributed by atoms with Crippen molar-refractivity contribution in [3.05, 3.63) is 40.6 Å². The fraction of sp³-hybridized carbons (Fsp3) is 0.364. The molecule has 0 saturated carbocycles. The minimum Gasteiger partial charge on any atom is -0.337 e. The molecule has 2 aromatic heterocycles. The fourth-order valence-corrected chi connectivity index (χ4v) is 2.36. The topological polar surface area (TPSA) is 29.9 Å². The number of aryl methyl sites for hydroxylation is 1. The molecule has 1 unspecified atom stereocenters. The summed E-state index contributed by atoms with van der Waals surface area (Å²) in [7, 11) is 4.01. The molecule has 0 aromatic carbocycles. The Morgan fingerprint density at radius 1 is 1.60 bits per heavy atom. The summed E-state index contributed by atoms with van der Waals surface area (Å²) in [6.45, 7) is 0. The van der Waals surface area contributed by atoms with E-state index in [-0.39, 0.29) is 0 Å². The van der Waals surface area contributed by atoms with Crippen LogP contribution in [0.2, 0.25) is 0 Å². The van der Waals surface area contributed by atoms with E-state index in [2.05, 4.69) is 31.7 Å². The Bertz CT molecular complexity index is 405. The zero-order valence-corrected chi connectivity index (χ0v) is 9.79. The summed E-state index contributed by atoms with van der Waals surface area (Å²) in [5.41, 5.74) is 1.36. The molecule has 15 heavy (non-hydrogen) atoms. The largest absolute Gasteiger partial charge is 0.337 e. The monoisotopic (exact) mass is 221 g/mol. The molecule has 2 heterocycles. The normalized spacial score (nSPS) is 12.9. The van der Waals surface area contributed by atoms with E-state index in [0.29, 0.717) is 6.04 Å². The van der Waals surface area contributed by atoms with Crippen LogP contribution in [0.5, 0.6) is 0 Å². The molecule has 2 aromatic rings. The third-order valence-electron chi connectivity index (χ3n) is 2.54. The van der Waals surface area contributed by atoms with Gasteiger partial charge >= 0.3 is 0 Å². The lowest BCUT2D eigenvalue weighted by atomic mass is 10.1. The quantitative estimate of drug-likeness (QED) is 0.855. The van der Waals surface area contributed by atoms with Crippen molar-refractivity contribution in [2.24, 2.45) is 7.05 Å². The maximum absolute atomic E-state index is 4.37. The number of aromatic nitrogens is 2. The molecule has 0 spiro atoms. The summed E-state index contributed by atoms with van der Waals surface area (Å²) < 4.78 is 2.06. The lowest BCUT2D eigenvalue weighted by Crippen LogP contribution is -2.22. The second-order valence-corrected chi connectivity index (χ2v) is 4.35. The molecule has 0 aliphatic rings. The van der Waals surface area contributed by atoms with Gasteiger partial charge in [0.1, 0.15) is 5.82 Å². The first-order valence-electron chi connectivity index (χ1n) is 4.97. The maximum Gasteiger partial charge on any atom is 0.125 e. The Morgan fingerprint density at radius 2 is 2.47 bits per heavy atom. The summed E-state index contributed by atoms with van der Waals surface area (Å²) in [6.07, 6.45) is 4.81. The first-order chi connectivity index (χ1) is 7.31. The van der Waals surface area contributed by atoms with Crippen LogP contribution in [-0.2, 0) is 13.5 Å². The maximum atomic E-state index is 4.37. The lowest BCUT2D eigenvalue weighted by Gasteiger charge is -2.15. The third-order valence-corrected chi connectivity index (χ3v) is 3.27.